The van der Waals surface area contributed by atoms with E-state index in [1.54, 1.807) is 24.3 Å². The summed E-state index contributed by atoms with van der Waals surface area (Å²) in [6.07, 6.45) is 0.224. The molecule has 130 valence electrons. The van der Waals surface area contributed by atoms with Gasteiger partial charge >= 0.3 is 0 Å². The fourth-order valence-corrected chi connectivity index (χ4v) is 3.09. The first-order valence-electron chi connectivity index (χ1n) is 7.03. The third-order valence-electron chi connectivity index (χ3n) is 3.13. The largest absolute Gasteiger partial charge is 0.325 e. The zero-order valence-corrected chi connectivity index (χ0v) is 13.6. The standard InChI is InChI=1S/C16H13F2N3O3S/c17-13-2-1-3-14(18)16(13)25(23,24)20-10-15(22)21-12-6-4-11(5-7-12)8-9-19/h1-7,20H,8,10H2,(H,21,22). The van der Waals surface area contributed by atoms with Gasteiger partial charge < -0.3 is 5.32 Å². The van der Waals surface area contributed by atoms with E-state index in [-0.39, 0.29) is 6.42 Å². The van der Waals surface area contributed by atoms with E-state index < -0.39 is 39.0 Å². The molecule has 0 unspecified atom stereocenters. The second-order valence-electron chi connectivity index (χ2n) is 4.96. The molecule has 0 heterocycles. The summed E-state index contributed by atoms with van der Waals surface area (Å²) in [7, 11) is -4.52. The van der Waals surface area contributed by atoms with E-state index in [0.717, 1.165) is 23.8 Å². The maximum Gasteiger partial charge on any atom is 0.246 e. The van der Waals surface area contributed by atoms with Crippen LogP contribution in [0.25, 0.3) is 0 Å². The molecule has 25 heavy (non-hydrogen) atoms. The number of nitriles is 1. The number of nitrogens with one attached hydrogen (secondary N) is 2. The minimum Gasteiger partial charge on any atom is -0.325 e. The molecule has 0 aliphatic carbocycles. The summed E-state index contributed by atoms with van der Waals surface area (Å²) < 4.78 is 52.8. The first-order valence-corrected chi connectivity index (χ1v) is 8.51. The molecule has 0 aliphatic heterocycles. The highest BCUT2D eigenvalue weighted by atomic mass is 32.2. The third kappa shape index (κ3) is 4.82. The van der Waals surface area contributed by atoms with Crippen LogP contribution in [-0.2, 0) is 21.2 Å². The molecular weight excluding hydrogens is 352 g/mol. The molecule has 0 saturated heterocycles. The Morgan fingerprint density at radius 1 is 1.08 bits per heavy atom. The van der Waals surface area contributed by atoms with Gasteiger partial charge in [-0.1, -0.05) is 18.2 Å². The van der Waals surface area contributed by atoms with Gasteiger partial charge in [-0.05, 0) is 29.8 Å². The van der Waals surface area contributed by atoms with E-state index in [4.69, 9.17) is 5.26 Å². The van der Waals surface area contributed by atoms with Crippen LogP contribution in [0, 0.1) is 23.0 Å². The maximum absolute atomic E-state index is 13.5. The minimum atomic E-state index is -4.52. The van der Waals surface area contributed by atoms with Gasteiger partial charge in [0.1, 0.15) is 11.6 Å². The molecule has 2 N–H and O–H groups in total. The SMILES string of the molecule is N#CCc1ccc(NC(=O)CNS(=O)(=O)c2c(F)cccc2F)cc1. The number of carbonyl (C=O) groups is 1. The highest BCUT2D eigenvalue weighted by Crippen LogP contribution is 2.17. The van der Waals surface area contributed by atoms with Gasteiger partial charge in [0, 0.05) is 5.69 Å². The summed E-state index contributed by atoms with van der Waals surface area (Å²) in [4.78, 5) is 10.7. The van der Waals surface area contributed by atoms with E-state index in [1.807, 2.05) is 10.8 Å². The Bertz CT molecular complexity index is 902. The van der Waals surface area contributed by atoms with Crippen molar-refractivity contribution in [3.8, 4) is 6.07 Å². The molecule has 0 aliphatic rings. The molecule has 0 spiro atoms. The van der Waals surface area contributed by atoms with Crippen molar-refractivity contribution in [3.05, 3.63) is 59.7 Å². The van der Waals surface area contributed by atoms with Crippen LogP contribution in [0.3, 0.4) is 0 Å². The van der Waals surface area contributed by atoms with Crippen LogP contribution in [0.2, 0.25) is 0 Å². The summed E-state index contributed by atoms with van der Waals surface area (Å²) in [6, 6.07) is 11.0. The number of carbonyl (C=O) groups excluding carboxylic acids is 1. The molecule has 9 heteroatoms. The van der Waals surface area contributed by atoms with Crippen LogP contribution in [0.15, 0.2) is 47.4 Å². The third-order valence-corrected chi connectivity index (χ3v) is 4.58. The molecule has 2 aromatic carbocycles. The topological polar surface area (TPSA) is 99.1 Å². The molecule has 0 aromatic heterocycles. The number of sulfonamides is 1. The van der Waals surface area contributed by atoms with Crippen LogP contribution in [0.5, 0.6) is 0 Å². The number of amides is 1. The Labute approximate surface area is 143 Å². The van der Waals surface area contributed by atoms with Crippen molar-refractivity contribution in [2.24, 2.45) is 0 Å². The fraction of sp³-hybridized carbons (Fsp3) is 0.125. The number of anilines is 1. The molecule has 0 atom stereocenters. The van der Waals surface area contributed by atoms with Crippen molar-refractivity contribution in [1.29, 1.82) is 5.26 Å². The lowest BCUT2D eigenvalue weighted by Crippen LogP contribution is -2.33. The number of nitrogens with zero attached hydrogens (tertiary/aromatic N) is 1. The van der Waals surface area contributed by atoms with Gasteiger partial charge in [-0.15, -0.1) is 0 Å². The quantitative estimate of drug-likeness (QED) is 0.817. The lowest BCUT2D eigenvalue weighted by Gasteiger charge is -2.09. The Kier molecular flexibility index (Phi) is 5.80. The van der Waals surface area contributed by atoms with Gasteiger partial charge in [-0.25, -0.2) is 21.9 Å². The van der Waals surface area contributed by atoms with Gasteiger partial charge in [-0.2, -0.15) is 5.26 Å². The van der Waals surface area contributed by atoms with Gasteiger partial charge in [0.25, 0.3) is 0 Å². The second-order valence-corrected chi connectivity index (χ2v) is 6.66. The van der Waals surface area contributed by atoms with Crippen LogP contribution in [0.4, 0.5) is 14.5 Å². The van der Waals surface area contributed by atoms with Crippen LogP contribution >= 0.6 is 0 Å². The molecule has 0 radical (unpaired) electrons. The van der Waals surface area contributed by atoms with Crippen molar-refractivity contribution < 1.29 is 22.0 Å². The zero-order chi connectivity index (χ0) is 18.4. The average Bonchev–Trinajstić information content (AvgIpc) is 2.55. The van der Waals surface area contributed by atoms with Gasteiger partial charge in [0.05, 0.1) is 19.0 Å². The predicted molar refractivity (Wildman–Crippen MR) is 85.9 cm³/mol. The van der Waals surface area contributed by atoms with Crippen molar-refractivity contribution >= 4 is 21.6 Å². The minimum absolute atomic E-state index is 0.224. The van der Waals surface area contributed by atoms with Crippen molar-refractivity contribution in [2.75, 3.05) is 11.9 Å². The van der Waals surface area contributed by atoms with Gasteiger partial charge in [0.2, 0.25) is 15.9 Å². The van der Waals surface area contributed by atoms with Crippen molar-refractivity contribution in [3.63, 3.8) is 0 Å². The van der Waals surface area contributed by atoms with Crippen LogP contribution in [0.1, 0.15) is 5.56 Å². The van der Waals surface area contributed by atoms with Gasteiger partial charge in [0.15, 0.2) is 4.90 Å². The van der Waals surface area contributed by atoms with Gasteiger partial charge in [-0.3, -0.25) is 4.79 Å². The summed E-state index contributed by atoms with van der Waals surface area (Å²) in [6.45, 7) is -0.698. The highest BCUT2D eigenvalue weighted by molar-refractivity contribution is 7.89. The van der Waals surface area contributed by atoms with Crippen molar-refractivity contribution in [1.82, 2.24) is 4.72 Å². The molecular formula is C16H13F2N3O3S. The van der Waals surface area contributed by atoms with E-state index in [9.17, 15) is 22.0 Å². The predicted octanol–water partition coefficient (Wildman–Crippen LogP) is 1.95. The average molecular weight is 365 g/mol. The number of hydrogen-bond acceptors (Lipinski definition) is 4. The Morgan fingerprint density at radius 3 is 2.24 bits per heavy atom. The highest BCUT2D eigenvalue weighted by Gasteiger charge is 2.24. The second kappa shape index (κ2) is 7.83. The number of benzene rings is 2. The lowest BCUT2D eigenvalue weighted by molar-refractivity contribution is -0.115. The van der Waals surface area contributed by atoms with Crippen molar-refractivity contribution in [2.45, 2.75) is 11.3 Å². The summed E-state index contributed by atoms with van der Waals surface area (Å²) in [5, 5.41) is 11.0. The van der Waals surface area contributed by atoms with E-state index in [2.05, 4.69) is 5.32 Å². The fourth-order valence-electron chi connectivity index (χ4n) is 1.97. The summed E-state index contributed by atoms with van der Waals surface area (Å²) >= 11 is 0. The smallest absolute Gasteiger partial charge is 0.246 e. The molecule has 0 saturated carbocycles. The zero-order valence-electron chi connectivity index (χ0n) is 12.8. The lowest BCUT2D eigenvalue weighted by atomic mass is 10.1. The van der Waals surface area contributed by atoms with Crippen LogP contribution < -0.4 is 10.0 Å². The molecule has 0 fully saturated rings. The summed E-state index contributed by atoms with van der Waals surface area (Å²) in [5.74, 6) is -3.21. The van der Waals surface area contributed by atoms with Crippen LogP contribution in [-0.4, -0.2) is 20.9 Å². The number of halogens is 2. The first-order chi connectivity index (χ1) is 11.8. The summed E-state index contributed by atoms with van der Waals surface area (Å²) in [5.41, 5.74) is 1.15. The normalized spacial score (nSPS) is 10.9. The maximum atomic E-state index is 13.5. The molecule has 2 aromatic rings. The Balaban J connectivity index is 2.00. The van der Waals surface area contributed by atoms with E-state index in [0.29, 0.717) is 5.69 Å². The molecule has 2 rings (SSSR count). The van der Waals surface area contributed by atoms with E-state index in [1.165, 1.54) is 0 Å². The Morgan fingerprint density at radius 2 is 1.68 bits per heavy atom. The molecule has 0 bridgehead atoms. The monoisotopic (exact) mass is 365 g/mol. The number of rotatable bonds is 6. The Hall–Kier alpha value is -2.83. The molecule has 1 amide bonds. The first kappa shape index (κ1) is 18.5. The molecule has 6 nitrogen and oxygen atoms in total. The van der Waals surface area contributed by atoms with E-state index >= 15 is 0 Å². The number of hydrogen-bond donors (Lipinski definition) is 2.